The van der Waals surface area contributed by atoms with E-state index in [4.69, 9.17) is 15.7 Å². The van der Waals surface area contributed by atoms with Gasteiger partial charge in [-0.15, -0.1) is 0 Å². The maximum absolute atomic E-state index is 6.27. The van der Waals surface area contributed by atoms with Gasteiger partial charge in [0.2, 0.25) is 5.96 Å². The second kappa shape index (κ2) is 8.37. The lowest BCUT2D eigenvalue weighted by Gasteiger charge is -2.60. The van der Waals surface area contributed by atoms with Gasteiger partial charge in [-0.05, 0) is 116 Å². The number of hydrogen-bond donors (Lipinski definition) is 2. The first-order valence-electron chi connectivity index (χ1n) is 15.4. The number of fused-ring (bicyclic) bond motifs is 4. The minimum Gasteiger partial charge on any atom is -0.370 e. The fourth-order valence-electron chi connectivity index (χ4n) is 11.1. The lowest BCUT2D eigenvalue weighted by molar-refractivity contribution is -0.106. The van der Waals surface area contributed by atoms with E-state index in [9.17, 15) is 0 Å². The Hall–Kier alpha value is -1.26. The SMILES string of the molecule is CC(C)CCCC(C)C12CCC3C4CCC5CC6(CC[C@]5(C)C4CC[C@@]31C2)N=C(N)NC(N(C)C)=N6. The highest BCUT2D eigenvalue weighted by atomic mass is 15.4. The Labute approximate surface area is 220 Å². The van der Waals surface area contributed by atoms with Gasteiger partial charge in [-0.3, -0.25) is 5.32 Å². The predicted octanol–water partition coefficient (Wildman–Crippen LogP) is 6.39. The normalized spacial score (nSPS) is 47.6. The molecule has 0 aromatic rings. The number of hydrogen-bond acceptors (Lipinski definition) is 5. The Morgan fingerprint density at radius 1 is 0.972 bits per heavy atom. The zero-order chi connectivity index (χ0) is 25.5. The molecule has 0 amide bonds. The molecule has 202 valence electrons. The summed E-state index contributed by atoms with van der Waals surface area (Å²) < 4.78 is 0. The van der Waals surface area contributed by atoms with E-state index in [2.05, 4.69) is 33.0 Å². The van der Waals surface area contributed by atoms with E-state index in [-0.39, 0.29) is 5.66 Å². The molecule has 0 radical (unpaired) electrons. The van der Waals surface area contributed by atoms with Gasteiger partial charge in [0.05, 0.1) is 0 Å². The Morgan fingerprint density at radius 3 is 2.50 bits per heavy atom. The largest absolute Gasteiger partial charge is 0.370 e. The van der Waals surface area contributed by atoms with Crippen LogP contribution in [0.4, 0.5) is 0 Å². The lowest BCUT2D eigenvalue weighted by atomic mass is 9.45. The third kappa shape index (κ3) is 3.52. The van der Waals surface area contributed by atoms with E-state index in [1.807, 2.05) is 19.0 Å². The fourth-order valence-corrected chi connectivity index (χ4v) is 11.1. The molecule has 36 heavy (non-hydrogen) atoms. The van der Waals surface area contributed by atoms with Crippen molar-refractivity contribution < 1.29 is 0 Å². The molecule has 0 aromatic heterocycles. The van der Waals surface area contributed by atoms with E-state index in [0.29, 0.717) is 16.8 Å². The van der Waals surface area contributed by atoms with Crippen molar-refractivity contribution in [3.05, 3.63) is 0 Å². The van der Waals surface area contributed by atoms with Crippen molar-refractivity contribution in [1.82, 2.24) is 10.2 Å². The molecular formula is C31H53N5. The maximum Gasteiger partial charge on any atom is 0.202 e. The molecule has 0 saturated heterocycles. The van der Waals surface area contributed by atoms with Crippen molar-refractivity contribution in [2.24, 2.45) is 67.5 Å². The number of rotatable bonds is 5. The summed E-state index contributed by atoms with van der Waals surface area (Å²) in [5.41, 5.74) is 7.83. The topological polar surface area (TPSA) is 66.0 Å². The average molecular weight is 496 g/mol. The zero-order valence-electron chi connectivity index (χ0n) is 24.1. The summed E-state index contributed by atoms with van der Waals surface area (Å²) in [5, 5.41) is 3.18. The molecule has 0 aromatic carbocycles. The fraction of sp³-hybridized carbons (Fsp3) is 0.935. The Kier molecular flexibility index (Phi) is 5.82. The van der Waals surface area contributed by atoms with E-state index < -0.39 is 0 Å². The molecule has 7 unspecified atom stereocenters. The van der Waals surface area contributed by atoms with Gasteiger partial charge in [-0.25, -0.2) is 9.98 Å². The summed E-state index contributed by atoms with van der Waals surface area (Å²) in [6.07, 6.45) is 18.2. The first-order valence-corrected chi connectivity index (χ1v) is 15.4. The third-order valence-electron chi connectivity index (χ3n) is 13.0. The predicted molar refractivity (Wildman–Crippen MR) is 150 cm³/mol. The Balaban J connectivity index is 1.18. The van der Waals surface area contributed by atoms with Gasteiger partial charge in [0.15, 0.2) is 11.6 Å². The second-order valence-electron chi connectivity index (χ2n) is 15.1. The number of nitrogens with zero attached hydrogens (tertiary/aromatic N) is 3. The highest BCUT2D eigenvalue weighted by Gasteiger charge is 2.77. The Morgan fingerprint density at radius 2 is 1.75 bits per heavy atom. The molecule has 9 atom stereocenters. The minimum atomic E-state index is -0.341. The summed E-state index contributed by atoms with van der Waals surface area (Å²) in [5.74, 6) is 6.84. The minimum absolute atomic E-state index is 0.341. The van der Waals surface area contributed by atoms with Gasteiger partial charge in [0.1, 0.15) is 0 Å². The molecule has 5 aliphatic carbocycles. The first kappa shape index (κ1) is 25.0. The van der Waals surface area contributed by atoms with Gasteiger partial charge < -0.3 is 10.6 Å². The summed E-state index contributed by atoms with van der Waals surface area (Å²) in [4.78, 5) is 12.1. The summed E-state index contributed by atoms with van der Waals surface area (Å²) in [6.45, 7) is 10.1. The monoisotopic (exact) mass is 495 g/mol. The van der Waals surface area contributed by atoms with Crippen LogP contribution in [0.3, 0.4) is 0 Å². The molecule has 3 N–H and O–H groups in total. The third-order valence-corrected chi connectivity index (χ3v) is 13.0. The highest BCUT2D eigenvalue weighted by Crippen LogP contribution is 2.85. The molecule has 5 heteroatoms. The standard InChI is InChI=1S/C31H53N5/c1-20(2)8-7-9-21(3)29-14-13-25-23-11-10-22-18-31(34-26(32)33-27(35-31)36(5)6)17-16-28(22,4)24(23)12-15-30(25,29)19-29/h20-25H,7-19H2,1-6H3,(H3,32,33,34,35)/t21?,22?,23?,24?,25?,28-,29?,30+,31?/m0/s1. The van der Waals surface area contributed by atoms with Gasteiger partial charge in [0, 0.05) is 14.1 Å². The lowest BCUT2D eigenvalue weighted by Crippen LogP contribution is -2.57. The molecule has 5 fully saturated rings. The Bertz CT molecular complexity index is 939. The van der Waals surface area contributed by atoms with Crippen LogP contribution in [0.2, 0.25) is 0 Å². The van der Waals surface area contributed by atoms with Gasteiger partial charge in [0.25, 0.3) is 0 Å². The molecule has 5 nitrogen and oxygen atoms in total. The van der Waals surface area contributed by atoms with Crippen LogP contribution in [0.1, 0.15) is 111 Å². The van der Waals surface area contributed by atoms with Crippen LogP contribution in [0.5, 0.6) is 0 Å². The van der Waals surface area contributed by atoms with Crippen molar-refractivity contribution >= 4 is 11.9 Å². The summed E-state index contributed by atoms with van der Waals surface area (Å²) in [6, 6.07) is 0. The van der Waals surface area contributed by atoms with Crippen LogP contribution in [0.15, 0.2) is 9.98 Å². The zero-order valence-corrected chi connectivity index (χ0v) is 24.1. The molecule has 6 aliphatic rings. The van der Waals surface area contributed by atoms with Crippen LogP contribution in [-0.2, 0) is 0 Å². The maximum atomic E-state index is 6.27. The van der Waals surface area contributed by atoms with Crippen molar-refractivity contribution in [2.75, 3.05) is 14.1 Å². The van der Waals surface area contributed by atoms with E-state index in [0.717, 1.165) is 59.7 Å². The van der Waals surface area contributed by atoms with Crippen molar-refractivity contribution in [1.29, 1.82) is 0 Å². The van der Waals surface area contributed by atoms with Crippen LogP contribution in [0.25, 0.3) is 0 Å². The van der Waals surface area contributed by atoms with Crippen molar-refractivity contribution in [2.45, 2.75) is 117 Å². The summed E-state index contributed by atoms with van der Waals surface area (Å²) in [7, 11) is 4.08. The number of nitrogens with two attached hydrogens (primary N) is 1. The average Bonchev–Trinajstić information content (AvgIpc) is 3.35. The van der Waals surface area contributed by atoms with E-state index in [1.54, 1.807) is 6.42 Å². The van der Waals surface area contributed by atoms with Crippen LogP contribution < -0.4 is 11.1 Å². The van der Waals surface area contributed by atoms with Crippen LogP contribution >= 0.6 is 0 Å². The highest BCUT2D eigenvalue weighted by molar-refractivity contribution is 5.99. The van der Waals surface area contributed by atoms with Gasteiger partial charge >= 0.3 is 0 Å². The second-order valence-corrected chi connectivity index (χ2v) is 15.1. The van der Waals surface area contributed by atoms with Crippen molar-refractivity contribution in [3.63, 3.8) is 0 Å². The smallest absolute Gasteiger partial charge is 0.202 e. The van der Waals surface area contributed by atoms with Crippen LogP contribution in [0, 0.1) is 51.8 Å². The molecule has 0 bridgehead atoms. The first-order chi connectivity index (χ1) is 17.0. The van der Waals surface area contributed by atoms with Gasteiger partial charge in [-0.2, -0.15) is 0 Å². The van der Waals surface area contributed by atoms with E-state index in [1.165, 1.54) is 64.2 Å². The molecule has 2 spiro atoms. The number of aliphatic imine (C=N–C) groups is 2. The molecule has 5 saturated carbocycles. The quantitative estimate of drug-likeness (QED) is 0.464. The summed E-state index contributed by atoms with van der Waals surface area (Å²) >= 11 is 0. The number of nitrogens with one attached hydrogen (secondary N) is 1. The van der Waals surface area contributed by atoms with Gasteiger partial charge in [-0.1, -0.05) is 47.0 Å². The molecule has 1 heterocycles. The van der Waals surface area contributed by atoms with Crippen LogP contribution in [-0.4, -0.2) is 36.6 Å². The van der Waals surface area contributed by atoms with Crippen molar-refractivity contribution in [3.8, 4) is 0 Å². The van der Waals surface area contributed by atoms with E-state index >= 15 is 0 Å². The molecule has 6 rings (SSSR count). The molecular weight excluding hydrogens is 442 g/mol. The number of guanidine groups is 2. The molecule has 1 aliphatic heterocycles.